The summed E-state index contributed by atoms with van der Waals surface area (Å²) in [6.07, 6.45) is -2.66. The van der Waals surface area contributed by atoms with Crippen LogP contribution in [0.5, 0.6) is 0 Å². The molecule has 0 fully saturated rings. The monoisotopic (exact) mass is 1360 g/mol. The van der Waals surface area contributed by atoms with Crippen molar-refractivity contribution in [2.75, 3.05) is 19.7 Å². The number of aliphatic imine (C=N–C) groups is 1. The number of carboxylic acids is 1. The molecule has 1 aliphatic carbocycles. The van der Waals surface area contributed by atoms with Crippen LogP contribution in [-0.4, -0.2) is 227 Å². The zero-order chi connectivity index (χ0) is 73.6. The number of ketones is 1. The van der Waals surface area contributed by atoms with Gasteiger partial charge in [0, 0.05) is 29.9 Å². The van der Waals surface area contributed by atoms with Gasteiger partial charge in [-0.3, -0.25) is 72.5 Å². The van der Waals surface area contributed by atoms with Crippen LogP contribution in [0.3, 0.4) is 0 Å². The number of amides is 10. The van der Waals surface area contributed by atoms with Gasteiger partial charge in [-0.1, -0.05) is 77.8 Å². The van der Waals surface area contributed by atoms with Gasteiger partial charge in [0.1, 0.15) is 42.3 Å². The summed E-state index contributed by atoms with van der Waals surface area (Å²) in [6, 6.07) is -12.7. The Morgan fingerprint density at radius 3 is 1.85 bits per heavy atom. The molecule has 1 aromatic rings. The number of rotatable bonds is 38. The summed E-state index contributed by atoms with van der Waals surface area (Å²) in [5, 5.41) is 67.1. The fourth-order valence-electron chi connectivity index (χ4n) is 10.3. The molecule has 1 aliphatic rings. The lowest BCUT2D eigenvalue weighted by Crippen LogP contribution is -2.65. The second-order valence-electron chi connectivity index (χ2n) is 26.0. The van der Waals surface area contributed by atoms with Crippen LogP contribution >= 0.6 is 0 Å². The smallest absolute Gasteiger partial charge is 0.329 e. The first-order valence-electron chi connectivity index (χ1n) is 31.6. The molecule has 10 amide bonds. The highest BCUT2D eigenvalue weighted by molar-refractivity contribution is 6.07. The van der Waals surface area contributed by atoms with E-state index in [1.54, 1.807) is 72.7 Å². The highest BCUT2D eigenvalue weighted by atomic mass is 16.4. The summed E-state index contributed by atoms with van der Waals surface area (Å²) in [7, 11) is 0. The number of carboxylic acid groups (broad SMARTS) is 1. The molecule has 0 unspecified atom stereocenters. The van der Waals surface area contributed by atoms with Crippen molar-refractivity contribution in [3.8, 4) is 0 Å². The number of allylic oxidation sites excluding steroid dienone is 2. The van der Waals surface area contributed by atoms with Gasteiger partial charge in [-0.05, 0) is 104 Å². The number of aryl methyl sites for hydroxylation is 1. The predicted octanol–water partition coefficient (Wildman–Crippen LogP) is -5.80. The zero-order valence-electron chi connectivity index (χ0n) is 56.7. The van der Waals surface area contributed by atoms with Crippen molar-refractivity contribution in [2.45, 2.75) is 218 Å². The lowest BCUT2D eigenvalue weighted by molar-refractivity contribution is -0.161. The van der Waals surface area contributed by atoms with Crippen LogP contribution in [0.25, 0.3) is 0 Å². The van der Waals surface area contributed by atoms with Crippen LogP contribution in [0.15, 0.2) is 47.0 Å². The molecule has 538 valence electrons. The molecule has 0 saturated carbocycles. The third kappa shape index (κ3) is 25.1. The average molecular weight is 1360 g/mol. The molecule has 34 nitrogen and oxygen atoms in total. The standard InChI is InChI=1S/C62H103N17O17/c1-13-31(6)45(55(91)76-46(34(9)81)54(90)71-27-42(82)78(41(28-80)59(95)96)57(93)44(65)48(84)50(66)86)75-52(88)38(20-16-22-70-60(67)68)73-53(89)40(23-29(2)3)79(58(94)43(64)47(83)30(4)5)56(92)39(74-51(87)37(63)25-36-19-14-17-32(7)72-36)24-35-18-15-21-62(69,26-35)49(85)33(8)77-61(10,11)12/h14-15,17-19,21,29-31,33-34,37-41,43-48,77,80-81,83-84H,13,16,20,22-28,63-65,69H2,1-12H3,(H2,66,86)(H,71,90)(H,73,89)(H,74,87)(H,75,88)(H,76,91)(H,95,96)(H4,67,68,70)/t31-,33+,34-,37-,38+,39-,40-,41-,43-,44-,45-,46-,47+,48-,62-/m0/s1. The first-order chi connectivity index (χ1) is 44.4. The molecular weight excluding hydrogens is 1250 g/mol. The van der Waals surface area contributed by atoms with Crippen molar-refractivity contribution < 1.29 is 83.1 Å². The van der Waals surface area contributed by atoms with E-state index < -0.39 is 198 Å². The van der Waals surface area contributed by atoms with E-state index in [0.29, 0.717) is 21.9 Å². The Labute approximate surface area is 558 Å². The van der Waals surface area contributed by atoms with Crippen LogP contribution in [0.4, 0.5) is 0 Å². The number of nitrogens with zero attached hydrogens (tertiary/aromatic N) is 4. The molecule has 0 bridgehead atoms. The topological polar surface area (TPSA) is 592 Å². The maximum Gasteiger partial charge on any atom is 0.329 e. The summed E-state index contributed by atoms with van der Waals surface area (Å²) in [5.74, 6) is -17.8. The lowest BCUT2D eigenvalue weighted by atomic mass is 9.79. The fourth-order valence-corrected chi connectivity index (χ4v) is 10.3. The minimum Gasteiger partial charge on any atom is -0.480 e. The second kappa shape index (κ2) is 37.9. The molecule has 96 heavy (non-hydrogen) atoms. The van der Waals surface area contributed by atoms with Gasteiger partial charge in [0.25, 0.3) is 5.91 Å². The average Bonchev–Trinajstić information content (AvgIpc) is 0.802. The van der Waals surface area contributed by atoms with E-state index >= 15 is 14.4 Å². The minimum atomic E-state index is -2.44. The summed E-state index contributed by atoms with van der Waals surface area (Å²) >= 11 is 0. The number of pyridine rings is 1. The van der Waals surface area contributed by atoms with E-state index in [9.17, 15) is 68.7 Å². The van der Waals surface area contributed by atoms with Crippen molar-refractivity contribution in [1.29, 1.82) is 0 Å². The molecule has 34 heteroatoms. The van der Waals surface area contributed by atoms with Crippen molar-refractivity contribution >= 4 is 76.8 Å². The number of hydrogen-bond acceptors (Lipinski definition) is 23. The number of imide groups is 2. The van der Waals surface area contributed by atoms with Gasteiger partial charge in [-0.25, -0.2) is 4.79 Å². The number of carbonyl (C=O) groups is 12. The van der Waals surface area contributed by atoms with Crippen LogP contribution in [-0.2, 0) is 64.0 Å². The molecule has 25 N–H and O–H groups in total. The van der Waals surface area contributed by atoms with Crippen LogP contribution in [0.2, 0.25) is 0 Å². The third-order valence-corrected chi connectivity index (χ3v) is 15.7. The van der Waals surface area contributed by atoms with E-state index in [0.717, 1.165) is 6.92 Å². The third-order valence-electron chi connectivity index (χ3n) is 15.7. The maximum atomic E-state index is 15.8. The summed E-state index contributed by atoms with van der Waals surface area (Å²) in [6.45, 7) is 16.7. The number of primary amides is 1. The van der Waals surface area contributed by atoms with E-state index in [2.05, 4.69) is 36.6 Å². The highest BCUT2D eigenvalue weighted by Gasteiger charge is 2.47. The number of nitrogens with two attached hydrogens (primary N) is 7. The molecule has 0 radical (unpaired) electrons. The number of nitrogens with one attached hydrogen (secondary N) is 6. The number of aliphatic hydroxyl groups is 4. The molecule has 0 saturated heterocycles. The molecule has 0 aliphatic heterocycles. The zero-order valence-corrected chi connectivity index (χ0v) is 56.7. The largest absolute Gasteiger partial charge is 0.480 e. The van der Waals surface area contributed by atoms with Crippen LogP contribution in [0.1, 0.15) is 126 Å². The Bertz CT molecular complexity index is 3020. The predicted molar refractivity (Wildman–Crippen MR) is 351 cm³/mol. The highest BCUT2D eigenvalue weighted by Crippen LogP contribution is 2.29. The fraction of sp³-hybridized carbons (Fsp3) is 0.645. The van der Waals surface area contributed by atoms with Gasteiger partial charge >= 0.3 is 5.97 Å². The van der Waals surface area contributed by atoms with Crippen molar-refractivity contribution in [3.05, 3.63) is 53.4 Å². The van der Waals surface area contributed by atoms with Gasteiger partial charge in [0.2, 0.25) is 53.2 Å². The van der Waals surface area contributed by atoms with E-state index in [1.165, 1.54) is 19.1 Å². The second-order valence-corrected chi connectivity index (χ2v) is 26.0. The number of carbonyl (C=O) groups excluding carboxylic acids is 11. The first-order valence-corrected chi connectivity index (χ1v) is 31.6. The Balaban J connectivity index is 2.85. The number of hydrogen-bond donors (Lipinski definition) is 18. The van der Waals surface area contributed by atoms with E-state index in [1.807, 2.05) is 26.1 Å². The Kier molecular flexibility index (Phi) is 33.1. The molecule has 0 aromatic carbocycles. The number of aromatic nitrogens is 1. The van der Waals surface area contributed by atoms with Crippen molar-refractivity contribution in [1.82, 2.24) is 46.7 Å². The molecule has 1 aromatic heterocycles. The van der Waals surface area contributed by atoms with Crippen molar-refractivity contribution in [3.63, 3.8) is 0 Å². The summed E-state index contributed by atoms with van der Waals surface area (Å²) in [5.41, 5.74) is 40.9. The summed E-state index contributed by atoms with van der Waals surface area (Å²) in [4.78, 5) is 177. The SMILES string of the molecule is CC[C@H](C)[C@H](NC(=O)[C@@H](CCCN=C(N)N)NC(=O)[C@H](CC(C)C)N(C(=O)[C@H](CC1=CC=C[C@@](N)(C(=O)[C@@H](C)NC(C)(C)C)C1)NC(=O)[C@@H](N)Cc1cccc(C)n1)C(=O)[C@@H](N)[C@H](O)C(C)C)C(=O)N[C@H](C(=O)NCC(=O)N(C(=O)[C@@H](N)[C@H](O)C(N)=O)[C@@H](CO)C(=O)O)[C@H](C)O. The Morgan fingerprint density at radius 1 is 0.740 bits per heavy atom. The number of aliphatic carboxylic acids is 1. The Morgan fingerprint density at radius 2 is 1.33 bits per heavy atom. The van der Waals surface area contributed by atoms with Crippen LogP contribution < -0.4 is 72.0 Å². The van der Waals surface area contributed by atoms with E-state index in [-0.39, 0.29) is 55.9 Å². The molecule has 0 spiro atoms. The van der Waals surface area contributed by atoms with Gasteiger partial charge in [0.05, 0.1) is 43.0 Å². The normalized spacial score (nSPS) is 18.3. The molecular formula is C62H103N17O17. The maximum absolute atomic E-state index is 15.8. The Hall–Kier alpha value is -8.22. The first kappa shape index (κ1) is 83.9. The van der Waals surface area contributed by atoms with E-state index in [4.69, 9.17) is 40.1 Å². The van der Waals surface area contributed by atoms with Gasteiger partial charge < -0.3 is 97.6 Å². The summed E-state index contributed by atoms with van der Waals surface area (Å²) < 4.78 is 0. The minimum absolute atomic E-state index is 0.0558. The van der Waals surface area contributed by atoms with Gasteiger partial charge in [-0.2, -0.15) is 0 Å². The quantitative estimate of drug-likeness (QED) is 0.0167. The molecule has 1 heterocycles. The number of aliphatic hydroxyl groups excluding tert-OH is 4. The lowest BCUT2D eigenvalue weighted by Gasteiger charge is -2.37. The number of Topliss-reactive ketones (excluding diaryl/α,β-unsaturated/α-hetero) is 1. The van der Waals surface area contributed by atoms with Crippen LogP contribution in [0, 0.1) is 24.7 Å². The molecule has 2 rings (SSSR count). The van der Waals surface area contributed by atoms with Gasteiger partial charge in [0.15, 0.2) is 23.9 Å². The number of guanidine groups is 1. The van der Waals surface area contributed by atoms with Gasteiger partial charge in [-0.15, -0.1) is 0 Å². The van der Waals surface area contributed by atoms with Crippen molar-refractivity contribution in [2.24, 2.45) is 62.9 Å². The molecule has 15 atom stereocenters.